The van der Waals surface area contributed by atoms with E-state index >= 15 is 0 Å². The van der Waals surface area contributed by atoms with E-state index in [-0.39, 0.29) is 42.9 Å². The number of carbonyl (C=O) groups is 10. The molecule has 0 aromatic rings. The largest absolute Gasteiger partial charge is 0.458 e. The third kappa shape index (κ3) is 19.6. The topological polar surface area (TPSA) is 288 Å². The average Bonchev–Trinajstić information content (AvgIpc) is 3.31. The first-order chi connectivity index (χ1) is 35.0. The lowest BCUT2D eigenvalue weighted by atomic mass is 9.97. The molecule has 1 aliphatic heterocycles. The van der Waals surface area contributed by atoms with Gasteiger partial charge in [-0.1, -0.05) is 103 Å². The van der Waals surface area contributed by atoms with Crippen LogP contribution in [0, 0.1) is 41.4 Å². The molecule has 0 radical (unpaired) electrons. The maximum atomic E-state index is 14.5. The SMILES string of the molecule is CCC(C)C(NC)C(=O)NC1C(=O)OC(C(C)C)C(=O)OC(CC(C)C)C(=O)NC(C(C)C)C(=O)N(C)C(CC(C)C)C(=O)NC(C(C)O)C(=O)N(C)C(C(C)C)C(=O)NC(C)C(=O)N(C)C(CC(C)C)C(=O)OC1C. The molecule has 1 saturated heterocycles. The van der Waals surface area contributed by atoms with Crippen molar-refractivity contribution in [3.63, 3.8) is 0 Å². The molecule has 13 unspecified atom stereocenters. The lowest BCUT2D eigenvalue weighted by molar-refractivity contribution is -0.181. The highest BCUT2D eigenvalue weighted by atomic mass is 16.6. The van der Waals surface area contributed by atoms with E-state index in [0.29, 0.717) is 6.42 Å². The van der Waals surface area contributed by atoms with Crippen LogP contribution >= 0.6 is 0 Å². The second kappa shape index (κ2) is 31.1. The Morgan fingerprint density at radius 1 is 0.579 bits per heavy atom. The summed E-state index contributed by atoms with van der Waals surface area (Å²) in [6, 6.07) is -10.6. The summed E-state index contributed by atoms with van der Waals surface area (Å²) in [6.07, 6.45) is -5.53. The van der Waals surface area contributed by atoms with Gasteiger partial charge in [0.2, 0.25) is 41.5 Å². The van der Waals surface area contributed by atoms with Crippen molar-refractivity contribution < 1.29 is 67.3 Å². The van der Waals surface area contributed by atoms with Crippen molar-refractivity contribution in [3.8, 4) is 0 Å². The van der Waals surface area contributed by atoms with Gasteiger partial charge in [0.15, 0.2) is 12.1 Å². The molecule has 1 aliphatic rings. The zero-order valence-electron chi connectivity index (χ0n) is 49.4. The fourth-order valence-electron chi connectivity index (χ4n) is 8.97. The molecule has 0 aromatic heterocycles. The van der Waals surface area contributed by atoms with Gasteiger partial charge in [0.25, 0.3) is 5.91 Å². The Kier molecular flexibility index (Phi) is 28.1. The summed E-state index contributed by atoms with van der Waals surface area (Å²) in [5, 5.41) is 24.6. The van der Waals surface area contributed by atoms with Crippen LogP contribution in [0.4, 0.5) is 0 Å². The van der Waals surface area contributed by atoms with Gasteiger partial charge < -0.3 is 60.6 Å². The van der Waals surface area contributed by atoms with Crippen LogP contribution in [0.2, 0.25) is 0 Å². The third-order valence-corrected chi connectivity index (χ3v) is 13.7. The number of aliphatic hydroxyl groups excluding tert-OH is 1. The number of amides is 7. The Labute approximate surface area is 452 Å². The first-order valence-corrected chi connectivity index (χ1v) is 27.0. The van der Waals surface area contributed by atoms with Crippen LogP contribution in [0.5, 0.6) is 0 Å². The van der Waals surface area contributed by atoms with Crippen molar-refractivity contribution >= 4 is 59.3 Å². The number of ether oxygens (including phenoxy) is 3. The van der Waals surface area contributed by atoms with E-state index in [2.05, 4.69) is 26.6 Å². The predicted molar refractivity (Wildman–Crippen MR) is 285 cm³/mol. The average molecular weight is 1080 g/mol. The molecule has 22 heteroatoms. The van der Waals surface area contributed by atoms with Crippen LogP contribution in [0.25, 0.3) is 0 Å². The number of cyclic esters (lactones) is 3. The van der Waals surface area contributed by atoms with E-state index in [1.54, 1.807) is 76.3 Å². The second-order valence-electron chi connectivity index (χ2n) is 23.0. The summed E-state index contributed by atoms with van der Waals surface area (Å²) in [7, 11) is 5.61. The highest BCUT2D eigenvalue weighted by Gasteiger charge is 2.44. The molecule has 1 fully saturated rings. The number of hydrogen-bond acceptors (Lipinski definition) is 15. The van der Waals surface area contributed by atoms with E-state index in [1.807, 2.05) is 27.7 Å². The van der Waals surface area contributed by atoms with Gasteiger partial charge in [-0.3, -0.25) is 33.6 Å². The quantitative estimate of drug-likeness (QED) is 0.101. The molecule has 22 nitrogen and oxygen atoms in total. The molecule has 76 heavy (non-hydrogen) atoms. The Morgan fingerprint density at radius 3 is 1.54 bits per heavy atom. The second-order valence-corrected chi connectivity index (χ2v) is 23.0. The van der Waals surface area contributed by atoms with Gasteiger partial charge in [-0.05, 0) is 82.6 Å². The number of hydrogen-bond donors (Lipinski definition) is 6. The van der Waals surface area contributed by atoms with Crippen molar-refractivity contribution in [1.29, 1.82) is 0 Å². The van der Waals surface area contributed by atoms with Gasteiger partial charge >= 0.3 is 17.9 Å². The molecule has 0 bridgehead atoms. The van der Waals surface area contributed by atoms with Crippen LogP contribution in [-0.4, -0.2) is 180 Å². The molecule has 7 amide bonds. The summed E-state index contributed by atoms with van der Waals surface area (Å²) in [5.41, 5.74) is 0. The monoisotopic (exact) mass is 1080 g/mol. The lowest BCUT2D eigenvalue weighted by Gasteiger charge is -2.37. The Bertz CT molecular complexity index is 1990. The van der Waals surface area contributed by atoms with Crippen molar-refractivity contribution in [2.24, 2.45) is 41.4 Å². The Balaban J connectivity index is 4.27. The molecule has 0 saturated carbocycles. The van der Waals surface area contributed by atoms with Gasteiger partial charge in [-0.15, -0.1) is 0 Å². The first kappa shape index (κ1) is 68.6. The molecule has 0 aromatic carbocycles. The third-order valence-electron chi connectivity index (χ3n) is 13.7. The van der Waals surface area contributed by atoms with Crippen LogP contribution in [0.1, 0.15) is 143 Å². The van der Waals surface area contributed by atoms with E-state index in [1.165, 1.54) is 41.9 Å². The standard InChI is InChI=1S/C54H96N8O14/c1-22-32(14)40(55-18)47(66)59-42-35(17)74-52(71)37(24-27(4)5)61(20)49(68)33(15)56-48(67)43(30(10)11)62(21)51(70)41(34(16)63)58-45(64)36(23-26(2)3)60(19)50(69)39(29(8)9)57-46(65)38(25-28(6)7)75-54(73)44(31(12)13)76-53(42)72/h26-44,55,63H,22-25H2,1-21H3,(H,56,67)(H,57,65)(H,58,64)(H,59,66). The fourth-order valence-corrected chi connectivity index (χ4v) is 8.97. The fraction of sp³-hybridized carbons (Fsp3) is 0.815. The molecule has 1 rings (SSSR count). The van der Waals surface area contributed by atoms with E-state index in [0.717, 1.165) is 14.7 Å². The maximum Gasteiger partial charge on any atom is 0.348 e. The summed E-state index contributed by atoms with van der Waals surface area (Å²) < 4.78 is 17.6. The van der Waals surface area contributed by atoms with Gasteiger partial charge in [-0.25, -0.2) is 14.4 Å². The molecule has 0 spiro atoms. The minimum Gasteiger partial charge on any atom is -0.458 e. The molecular formula is C54H96N8O14. The van der Waals surface area contributed by atoms with Crippen LogP contribution < -0.4 is 26.6 Å². The Hall–Kier alpha value is -5.38. The van der Waals surface area contributed by atoms with E-state index in [4.69, 9.17) is 14.2 Å². The first-order valence-electron chi connectivity index (χ1n) is 27.0. The molecule has 436 valence electrons. The summed E-state index contributed by atoms with van der Waals surface area (Å²) in [6.45, 7) is 28.3. The van der Waals surface area contributed by atoms with Crippen molar-refractivity contribution in [2.45, 2.75) is 216 Å². The minimum atomic E-state index is -1.73. The molecule has 1 heterocycles. The number of esters is 3. The number of likely N-dealkylation sites (N-methyl/N-ethyl adjacent to an activating group) is 4. The maximum absolute atomic E-state index is 14.5. The van der Waals surface area contributed by atoms with Crippen molar-refractivity contribution in [1.82, 2.24) is 41.3 Å². The van der Waals surface area contributed by atoms with Gasteiger partial charge in [0.1, 0.15) is 42.4 Å². The van der Waals surface area contributed by atoms with Crippen molar-refractivity contribution in [2.75, 3.05) is 28.2 Å². The number of nitrogens with zero attached hydrogens (tertiary/aromatic N) is 3. The summed E-state index contributed by atoms with van der Waals surface area (Å²) in [4.78, 5) is 146. The molecule has 13 atom stereocenters. The minimum absolute atomic E-state index is 0.0357. The predicted octanol–water partition coefficient (Wildman–Crippen LogP) is 2.32. The highest BCUT2D eigenvalue weighted by Crippen LogP contribution is 2.22. The van der Waals surface area contributed by atoms with Crippen LogP contribution in [0.15, 0.2) is 0 Å². The Morgan fingerprint density at radius 2 is 1.08 bits per heavy atom. The van der Waals surface area contributed by atoms with Crippen LogP contribution in [0.3, 0.4) is 0 Å². The van der Waals surface area contributed by atoms with Gasteiger partial charge in [0.05, 0.1) is 12.1 Å². The summed E-state index contributed by atoms with van der Waals surface area (Å²) >= 11 is 0. The van der Waals surface area contributed by atoms with E-state index in [9.17, 15) is 53.1 Å². The number of rotatable bonds is 15. The van der Waals surface area contributed by atoms with Crippen LogP contribution in [-0.2, 0) is 62.2 Å². The van der Waals surface area contributed by atoms with Gasteiger partial charge in [-0.2, -0.15) is 0 Å². The number of carbonyl (C=O) groups excluding carboxylic acids is 10. The zero-order chi connectivity index (χ0) is 59.0. The lowest BCUT2D eigenvalue weighted by Crippen LogP contribution is -2.63. The van der Waals surface area contributed by atoms with Gasteiger partial charge in [0, 0.05) is 27.1 Å². The molecule has 0 aliphatic carbocycles. The smallest absolute Gasteiger partial charge is 0.348 e. The number of nitrogens with one attached hydrogen (secondary N) is 5. The van der Waals surface area contributed by atoms with Crippen molar-refractivity contribution in [3.05, 3.63) is 0 Å². The summed E-state index contributed by atoms with van der Waals surface area (Å²) in [5.74, 6) is -11.5. The van der Waals surface area contributed by atoms with E-state index < -0.39 is 150 Å². The number of aliphatic hydroxyl groups is 1. The highest BCUT2D eigenvalue weighted by molar-refractivity contribution is 5.98. The normalized spacial score (nSPS) is 27.7. The molecule has 6 N–H and O–H groups in total. The zero-order valence-corrected chi connectivity index (χ0v) is 49.4. The molecular weight excluding hydrogens is 985 g/mol.